The van der Waals surface area contributed by atoms with E-state index in [4.69, 9.17) is 4.74 Å². The normalized spacial score (nSPS) is 18.1. The predicted molar refractivity (Wildman–Crippen MR) is 81.3 cm³/mol. The van der Waals surface area contributed by atoms with Crippen LogP contribution in [0.3, 0.4) is 0 Å². The zero-order chi connectivity index (χ0) is 15.6. The first-order valence-corrected chi connectivity index (χ1v) is 7.04. The van der Waals surface area contributed by atoms with Gasteiger partial charge in [0.05, 0.1) is 7.11 Å². The Hall–Kier alpha value is -2.08. The van der Waals surface area contributed by atoms with Gasteiger partial charge in [-0.2, -0.15) is 0 Å². The number of ether oxygens (including phenoxy) is 1. The molecule has 3 nitrogen and oxygen atoms in total. The monoisotopic (exact) mass is 284 g/mol. The Balaban J connectivity index is 2.43. The lowest BCUT2D eigenvalue weighted by atomic mass is 9.69. The van der Waals surface area contributed by atoms with E-state index in [0.717, 1.165) is 5.56 Å². The van der Waals surface area contributed by atoms with Crippen LogP contribution in [0, 0.1) is 17.3 Å². The molecule has 3 heteroatoms. The fraction of sp³-hybridized carbons (Fsp3) is 0.444. The summed E-state index contributed by atoms with van der Waals surface area (Å²) in [5.74, 6) is 5.58. The van der Waals surface area contributed by atoms with Gasteiger partial charge in [-0.05, 0) is 24.5 Å². The van der Waals surface area contributed by atoms with Crippen molar-refractivity contribution in [3.8, 4) is 17.6 Å². The molecule has 21 heavy (non-hydrogen) atoms. The minimum atomic E-state index is -0.698. The van der Waals surface area contributed by atoms with Crippen molar-refractivity contribution < 1.29 is 14.3 Å². The van der Waals surface area contributed by atoms with E-state index in [0.29, 0.717) is 24.2 Å². The Morgan fingerprint density at radius 3 is 2.33 bits per heavy atom. The third kappa shape index (κ3) is 3.16. The second-order valence-corrected chi connectivity index (χ2v) is 6.22. The van der Waals surface area contributed by atoms with Gasteiger partial charge in [-0.3, -0.25) is 9.59 Å². The van der Waals surface area contributed by atoms with Gasteiger partial charge >= 0.3 is 0 Å². The maximum atomic E-state index is 12.4. The highest BCUT2D eigenvalue weighted by Gasteiger charge is 2.41. The molecule has 0 amide bonds. The van der Waals surface area contributed by atoms with Crippen molar-refractivity contribution >= 4 is 11.6 Å². The SMILES string of the molecule is CC#Cc1ccc(C2C(=O)CC(C)(C)CC2=O)c(OC)c1. The standard InChI is InChI=1S/C18H20O3/c1-5-6-12-7-8-13(16(9-12)21-4)17-14(19)10-18(2,3)11-15(17)20/h7-9,17H,10-11H2,1-4H3. The number of ketones is 2. The average molecular weight is 284 g/mol. The summed E-state index contributed by atoms with van der Waals surface area (Å²) >= 11 is 0. The van der Waals surface area contributed by atoms with Gasteiger partial charge in [-0.15, -0.1) is 5.92 Å². The number of Topliss-reactive ketones (excluding diaryl/α,β-unsaturated/α-hetero) is 2. The molecule has 0 unspecified atom stereocenters. The van der Waals surface area contributed by atoms with Crippen molar-refractivity contribution in [1.82, 2.24) is 0 Å². The molecule has 0 atom stereocenters. The molecule has 0 spiro atoms. The molecule has 0 heterocycles. The van der Waals surface area contributed by atoms with Gasteiger partial charge in [0, 0.05) is 24.0 Å². The Labute approximate surface area is 125 Å². The van der Waals surface area contributed by atoms with E-state index in [2.05, 4.69) is 11.8 Å². The quantitative estimate of drug-likeness (QED) is 0.619. The van der Waals surface area contributed by atoms with E-state index in [-0.39, 0.29) is 17.0 Å². The summed E-state index contributed by atoms with van der Waals surface area (Å²) in [6.07, 6.45) is 0.839. The lowest BCUT2D eigenvalue weighted by molar-refractivity contribution is -0.135. The molecule has 0 saturated heterocycles. The van der Waals surface area contributed by atoms with Gasteiger partial charge < -0.3 is 4.74 Å². The summed E-state index contributed by atoms with van der Waals surface area (Å²) in [6, 6.07) is 5.40. The molecule has 0 aromatic heterocycles. The molecule has 0 aliphatic heterocycles. The number of rotatable bonds is 2. The smallest absolute Gasteiger partial charge is 0.148 e. The molecule has 0 N–H and O–H groups in total. The van der Waals surface area contributed by atoms with Gasteiger partial charge in [0.2, 0.25) is 0 Å². The maximum Gasteiger partial charge on any atom is 0.148 e. The lowest BCUT2D eigenvalue weighted by Crippen LogP contribution is -2.36. The summed E-state index contributed by atoms with van der Waals surface area (Å²) in [5, 5.41) is 0. The Bertz CT molecular complexity index is 624. The van der Waals surface area contributed by atoms with E-state index in [1.165, 1.54) is 0 Å². The van der Waals surface area contributed by atoms with E-state index in [9.17, 15) is 9.59 Å². The second kappa shape index (κ2) is 5.73. The molecule has 2 rings (SSSR count). The number of carbonyl (C=O) groups is 2. The average Bonchev–Trinajstić information content (AvgIpc) is 2.38. The van der Waals surface area contributed by atoms with Crippen LogP contribution in [0.15, 0.2) is 18.2 Å². The highest BCUT2D eigenvalue weighted by molar-refractivity contribution is 6.10. The van der Waals surface area contributed by atoms with E-state index < -0.39 is 5.92 Å². The van der Waals surface area contributed by atoms with Crippen LogP contribution in [0.4, 0.5) is 0 Å². The first kappa shape index (κ1) is 15.3. The van der Waals surface area contributed by atoms with Gasteiger partial charge in [-0.1, -0.05) is 25.8 Å². The summed E-state index contributed by atoms with van der Waals surface area (Å²) < 4.78 is 5.36. The number of hydrogen-bond acceptors (Lipinski definition) is 3. The molecular formula is C18H20O3. The zero-order valence-corrected chi connectivity index (χ0v) is 12.9. The first-order valence-electron chi connectivity index (χ1n) is 7.04. The van der Waals surface area contributed by atoms with Gasteiger partial charge in [0.25, 0.3) is 0 Å². The minimum absolute atomic E-state index is 0.0242. The number of benzene rings is 1. The molecule has 0 radical (unpaired) electrons. The third-order valence-corrected chi connectivity index (χ3v) is 3.76. The largest absolute Gasteiger partial charge is 0.496 e. The van der Waals surface area contributed by atoms with Gasteiger partial charge in [0.15, 0.2) is 0 Å². The molecule has 1 saturated carbocycles. The van der Waals surface area contributed by atoms with Crippen molar-refractivity contribution in [2.24, 2.45) is 5.41 Å². The predicted octanol–water partition coefficient (Wildman–Crippen LogP) is 3.11. The summed E-state index contributed by atoms with van der Waals surface area (Å²) in [4.78, 5) is 24.8. The second-order valence-electron chi connectivity index (χ2n) is 6.22. The van der Waals surface area contributed by atoms with Crippen molar-refractivity contribution in [3.05, 3.63) is 29.3 Å². The Kier molecular flexibility index (Phi) is 4.18. The van der Waals surface area contributed by atoms with Gasteiger partial charge in [-0.25, -0.2) is 0 Å². The fourth-order valence-corrected chi connectivity index (χ4v) is 2.91. The van der Waals surface area contributed by atoms with E-state index in [1.54, 1.807) is 26.2 Å². The zero-order valence-electron chi connectivity index (χ0n) is 12.9. The molecule has 1 aliphatic carbocycles. The fourth-order valence-electron chi connectivity index (χ4n) is 2.91. The summed E-state index contributed by atoms with van der Waals surface area (Å²) in [6.45, 7) is 5.67. The Morgan fingerprint density at radius 2 is 1.81 bits per heavy atom. The number of methoxy groups -OCH3 is 1. The number of carbonyl (C=O) groups excluding carboxylic acids is 2. The highest BCUT2D eigenvalue weighted by atomic mass is 16.5. The van der Waals surface area contributed by atoms with Crippen LogP contribution >= 0.6 is 0 Å². The molecule has 1 aliphatic rings. The molecule has 1 aromatic carbocycles. The van der Waals surface area contributed by atoms with Crippen LogP contribution in [0.1, 0.15) is 50.7 Å². The van der Waals surface area contributed by atoms with Crippen molar-refractivity contribution in [1.29, 1.82) is 0 Å². The lowest BCUT2D eigenvalue weighted by Gasteiger charge is -2.32. The molecule has 110 valence electrons. The minimum Gasteiger partial charge on any atom is -0.496 e. The van der Waals surface area contributed by atoms with Crippen molar-refractivity contribution in [2.75, 3.05) is 7.11 Å². The van der Waals surface area contributed by atoms with Crippen molar-refractivity contribution in [2.45, 2.75) is 39.5 Å². The summed E-state index contributed by atoms with van der Waals surface area (Å²) in [7, 11) is 1.55. The number of hydrogen-bond donors (Lipinski definition) is 0. The third-order valence-electron chi connectivity index (χ3n) is 3.76. The maximum absolute atomic E-state index is 12.4. The van der Waals surface area contributed by atoms with E-state index >= 15 is 0 Å². The van der Waals surface area contributed by atoms with Crippen LogP contribution in [0.2, 0.25) is 0 Å². The summed E-state index contributed by atoms with van der Waals surface area (Å²) in [5.41, 5.74) is 1.23. The van der Waals surface area contributed by atoms with Crippen LogP contribution in [-0.4, -0.2) is 18.7 Å². The van der Waals surface area contributed by atoms with Crippen LogP contribution in [0.5, 0.6) is 5.75 Å². The topological polar surface area (TPSA) is 43.4 Å². The molecule has 1 aromatic rings. The molecule has 0 bridgehead atoms. The first-order chi connectivity index (χ1) is 9.88. The van der Waals surface area contributed by atoms with E-state index in [1.807, 2.05) is 19.9 Å². The van der Waals surface area contributed by atoms with Crippen LogP contribution in [-0.2, 0) is 9.59 Å². The molecule has 1 fully saturated rings. The Morgan fingerprint density at radius 1 is 1.19 bits per heavy atom. The highest BCUT2D eigenvalue weighted by Crippen LogP contribution is 2.40. The van der Waals surface area contributed by atoms with Crippen LogP contribution in [0.25, 0.3) is 0 Å². The van der Waals surface area contributed by atoms with Gasteiger partial charge in [0.1, 0.15) is 23.2 Å². The van der Waals surface area contributed by atoms with Crippen molar-refractivity contribution in [3.63, 3.8) is 0 Å². The van der Waals surface area contributed by atoms with Crippen LogP contribution < -0.4 is 4.74 Å². The molecular weight excluding hydrogens is 264 g/mol.